The van der Waals surface area contributed by atoms with Gasteiger partial charge in [0.25, 0.3) is 0 Å². The summed E-state index contributed by atoms with van der Waals surface area (Å²) in [5.74, 6) is 0.559. The number of hydrogen-bond acceptors (Lipinski definition) is 3. The molecule has 0 spiro atoms. The van der Waals surface area contributed by atoms with Gasteiger partial charge in [-0.2, -0.15) is 0 Å². The molecule has 1 saturated heterocycles. The number of sulfonamides is 1. The third-order valence-electron chi connectivity index (χ3n) is 3.02. The lowest BCUT2D eigenvalue weighted by molar-refractivity contribution is 0.307. The Balaban J connectivity index is 2.54. The van der Waals surface area contributed by atoms with Crippen molar-refractivity contribution in [3.05, 3.63) is 0 Å². The fourth-order valence-corrected chi connectivity index (χ4v) is 3.98. The zero-order valence-electron chi connectivity index (χ0n) is 11.5. The third kappa shape index (κ3) is 5.36. The maximum Gasteiger partial charge on any atom is 0.214 e. The van der Waals surface area contributed by atoms with E-state index in [1.165, 1.54) is 4.31 Å². The average molecular weight is 262 g/mol. The Hall–Kier alpha value is -0.130. The van der Waals surface area contributed by atoms with Crippen molar-refractivity contribution in [1.82, 2.24) is 9.62 Å². The van der Waals surface area contributed by atoms with E-state index in [4.69, 9.17) is 0 Å². The van der Waals surface area contributed by atoms with Crippen molar-refractivity contribution in [2.75, 3.05) is 32.4 Å². The van der Waals surface area contributed by atoms with Crippen LogP contribution in [0.5, 0.6) is 0 Å². The molecule has 0 bridgehead atoms. The van der Waals surface area contributed by atoms with Crippen molar-refractivity contribution in [1.29, 1.82) is 0 Å². The van der Waals surface area contributed by atoms with Gasteiger partial charge in [-0.15, -0.1) is 0 Å². The first-order chi connectivity index (χ1) is 7.71. The highest BCUT2D eigenvalue weighted by atomic mass is 32.2. The van der Waals surface area contributed by atoms with Crippen LogP contribution in [0.2, 0.25) is 0 Å². The second-order valence-electron chi connectivity index (χ2n) is 6.31. The number of piperidine rings is 1. The molecule has 4 nitrogen and oxygen atoms in total. The standard InChI is InChI=1S/C12H26N2O2S/c1-12(2,3)10-14(4)17(15,16)9-11-6-5-7-13-8-11/h11,13H,5-10H2,1-4H3. The molecule has 0 aromatic rings. The summed E-state index contributed by atoms with van der Waals surface area (Å²) in [7, 11) is -1.41. The molecule has 1 fully saturated rings. The molecule has 1 heterocycles. The number of nitrogens with zero attached hydrogens (tertiary/aromatic N) is 1. The number of nitrogens with one attached hydrogen (secondary N) is 1. The van der Waals surface area contributed by atoms with Gasteiger partial charge in [-0.3, -0.25) is 0 Å². The molecule has 17 heavy (non-hydrogen) atoms. The van der Waals surface area contributed by atoms with Crippen LogP contribution in [0.25, 0.3) is 0 Å². The zero-order valence-corrected chi connectivity index (χ0v) is 12.3. The first-order valence-electron chi connectivity index (χ1n) is 6.35. The van der Waals surface area contributed by atoms with Gasteiger partial charge in [0.05, 0.1) is 5.75 Å². The molecular formula is C12H26N2O2S. The van der Waals surface area contributed by atoms with Crippen molar-refractivity contribution >= 4 is 10.0 Å². The van der Waals surface area contributed by atoms with Crippen LogP contribution in [0.1, 0.15) is 33.6 Å². The predicted molar refractivity (Wildman–Crippen MR) is 71.5 cm³/mol. The third-order valence-corrected chi connectivity index (χ3v) is 4.99. The van der Waals surface area contributed by atoms with Crippen LogP contribution in [0.4, 0.5) is 0 Å². The fraction of sp³-hybridized carbons (Fsp3) is 1.00. The van der Waals surface area contributed by atoms with Crippen molar-refractivity contribution in [3.8, 4) is 0 Å². The molecule has 5 heteroatoms. The first kappa shape index (κ1) is 14.9. The van der Waals surface area contributed by atoms with Gasteiger partial charge in [0.15, 0.2) is 0 Å². The summed E-state index contributed by atoms with van der Waals surface area (Å²) in [5.41, 5.74) is 0.00658. The maximum absolute atomic E-state index is 12.2. The van der Waals surface area contributed by atoms with Crippen LogP contribution < -0.4 is 5.32 Å². The van der Waals surface area contributed by atoms with Crippen molar-refractivity contribution in [3.63, 3.8) is 0 Å². The molecule has 1 aliphatic rings. The topological polar surface area (TPSA) is 49.4 Å². The summed E-state index contributed by atoms with van der Waals surface area (Å²) in [6.07, 6.45) is 2.11. The van der Waals surface area contributed by atoms with Gasteiger partial charge in [-0.1, -0.05) is 20.8 Å². The molecular weight excluding hydrogens is 236 g/mol. The van der Waals surface area contributed by atoms with Gasteiger partial charge in [-0.25, -0.2) is 12.7 Å². The largest absolute Gasteiger partial charge is 0.316 e. The molecule has 102 valence electrons. The number of hydrogen-bond donors (Lipinski definition) is 1. The molecule has 0 amide bonds. The van der Waals surface area contributed by atoms with E-state index < -0.39 is 10.0 Å². The lowest BCUT2D eigenvalue weighted by Crippen LogP contribution is -2.41. The molecule has 1 unspecified atom stereocenters. The van der Waals surface area contributed by atoms with Crippen LogP contribution in [0, 0.1) is 11.3 Å². The minimum atomic E-state index is -3.10. The summed E-state index contributed by atoms with van der Waals surface area (Å²) < 4.78 is 25.9. The Morgan fingerprint density at radius 3 is 2.47 bits per heavy atom. The highest BCUT2D eigenvalue weighted by Crippen LogP contribution is 2.19. The van der Waals surface area contributed by atoms with Crippen molar-refractivity contribution < 1.29 is 8.42 Å². The van der Waals surface area contributed by atoms with Crippen molar-refractivity contribution in [2.45, 2.75) is 33.6 Å². The van der Waals surface area contributed by atoms with Crippen LogP contribution in [-0.4, -0.2) is 45.2 Å². The van der Waals surface area contributed by atoms with Crippen LogP contribution in [-0.2, 0) is 10.0 Å². The maximum atomic E-state index is 12.2. The summed E-state index contributed by atoms with van der Waals surface area (Å²) in [5, 5.41) is 3.26. The SMILES string of the molecule is CN(CC(C)(C)C)S(=O)(=O)CC1CCCNC1. The Morgan fingerprint density at radius 1 is 1.35 bits per heavy atom. The summed E-state index contributed by atoms with van der Waals surface area (Å²) in [6, 6.07) is 0. The smallest absolute Gasteiger partial charge is 0.214 e. The monoisotopic (exact) mass is 262 g/mol. The van der Waals surface area contributed by atoms with E-state index in [2.05, 4.69) is 26.1 Å². The van der Waals surface area contributed by atoms with E-state index >= 15 is 0 Å². The highest BCUT2D eigenvalue weighted by Gasteiger charge is 2.27. The van der Waals surface area contributed by atoms with E-state index in [9.17, 15) is 8.42 Å². The molecule has 1 N–H and O–H groups in total. The Kier molecular flexibility index (Phi) is 4.98. The van der Waals surface area contributed by atoms with E-state index in [0.717, 1.165) is 25.9 Å². The van der Waals surface area contributed by atoms with Gasteiger partial charge < -0.3 is 5.32 Å². The lowest BCUT2D eigenvalue weighted by Gasteiger charge is -2.29. The van der Waals surface area contributed by atoms with Gasteiger partial charge in [0.2, 0.25) is 10.0 Å². The van der Waals surface area contributed by atoms with Gasteiger partial charge in [0, 0.05) is 13.6 Å². The summed E-state index contributed by atoms with van der Waals surface area (Å²) in [4.78, 5) is 0. The molecule has 1 aliphatic heterocycles. The first-order valence-corrected chi connectivity index (χ1v) is 7.96. The Bertz CT molecular complexity index is 327. The van der Waals surface area contributed by atoms with Crippen LogP contribution >= 0.6 is 0 Å². The molecule has 0 radical (unpaired) electrons. The van der Waals surface area contributed by atoms with E-state index in [1.807, 2.05) is 0 Å². The quantitative estimate of drug-likeness (QED) is 0.830. The molecule has 0 aromatic carbocycles. The summed E-state index contributed by atoms with van der Waals surface area (Å²) in [6.45, 7) is 8.61. The Labute approximate surface area is 106 Å². The predicted octanol–water partition coefficient (Wildman–Crippen LogP) is 1.29. The minimum Gasteiger partial charge on any atom is -0.316 e. The second-order valence-corrected chi connectivity index (χ2v) is 8.43. The van der Waals surface area contributed by atoms with E-state index in [0.29, 0.717) is 6.54 Å². The van der Waals surface area contributed by atoms with E-state index in [-0.39, 0.29) is 17.1 Å². The van der Waals surface area contributed by atoms with Gasteiger partial charge >= 0.3 is 0 Å². The molecule has 0 aromatic heterocycles. The van der Waals surface area contributed by atoms with E-state index in [1.54, 1.807) is 7.05 Å². The van der Waals surface area contributed by atoms with Crippen LogP contribution in [0.3, 0.4) is 0 Å². The highest BCUT2D eigenvalue weighted by molar-refractivity contribution is 7.89. The lowest BCUT2D eigenvalue weighted by atomic mass is 9.97. The molecule has 1 atom stereocenters. The van der Waals surface area contributed by atoms with Gasteiger partial charge in [-0.05, 0) is 37.3 Å². The Morgan fingerprint density at radius 2 is 2.00 bits per heavy atom. The van der Waals surface area contributed by atoms with Gasteiger partial charge in [0.1, 0.15) is 0 Å². The minimum absolute atomic E-state index is 0.00658. The summed E-state index contributed by atoms with van der Waals surface area (Å²) >= 11 is 0. The average Bonchev–Trinajstić information content (AvgIpc) is 2.15. The normalized spacial score (nSPS) is 23.0. The molecule has 0 aliphatic carbocycles. The second kappa shape index (κ2) is 5.67. The molecule has 0 saturated carbocycles. The number of rotatable bonds is 4. The van der Waals surface area contributed by atoms with Crippen LogP contribution in [0.15, 0.2) is 0 Å². The molecule has 1 rings (SSSR count). The zero-order chi connectivity index (χ0) is 13.1. The van der Waals surface area contributed by atoms with Crippen molar-refractivity contribution in [2.24, 2.45) is 11.3 Å². The fourth-order valence-electron chi connectivity index (χ4n) is 2.26.